The van der Waals surface area contributed by atoms with E-state index in [1.807, 2.05) is 39.0 Å². The Morgan fingerprint density at radius 3 is 2.26 bits per heavy atom. The van der Waals surface area contributed by atoms with E-state index in [0.717, 1.165) is 16.8 Å². The van der Waals surface area contributed by atoms with E-state index in [1.54, 1.807) is 12.1 Å². The number of nitrogens with one attached hydrogen (secondary N) is 1. The number of para-hydroxylation sites is 1. The highest BCUT2D eigenvalue weighted by Crippen LogP contribution is 2.29. The summed E-state index contributed by atoms with van der Waals surface area (Å²) < 4.78 is 42.8. The summed E-state index contributed by atoms with van der Waals surface area (Å²) in [6, 6.07) is 11.3. The summed E-state index contributed by atoms with van der Waals surface area (Å²) in [7, 11) is 1.41. The summed E-state index contributed by atoms with van der Waals surface area (Å²) in [6.07, 6.45) is -3.42. The van der Waals surface area contributed by atoms with Crippen LogP contribution in [-0.2, 0) is 26.3 Å². The van der Waals surface area contributed by atoms with Crippen LogP contribution in [0.5, 0.6) is 0 Å². The second-order valence-electron chi connectivity index (χ2n) is 9.54. The van der Waals surface area contributed by atoms with Gasteiger partial charge < -0.3 is 5.32 Å². The lowest BCUT2D eigenvalue weighted by atomic mass is 9.97. The Labute approximate surface area is 198 Å². The molecule has 184 valence electrons. The van der Waals surface area contributed by atoms with Crippen molar-refractivity contribution in [2.75, 3.05) is 5.32 Å². The summed E-state index contributed by atoms with van der Waals surface area (Å²) in [5.74, 6) is 0.328. The van der Waals surface area contributed by atoms with Crippen LogP contribution in [0, 0.1) is 5.41 Å². The van der Waals surface area contributed by atoms with Crippen LogP contribution in [0.3, 0.4) is 0 Å². The average Bonchev–Trinajstić information content (AvgIpc) is 3.13. The van der Waals surface area contributed by atoms with Gasteiger partial charge in [-0.2, -0.15) is 18.3 Å². The second kappa shape index (κ2) is 8.71. The maximum absolute atomic E-state index is 13.2. The predicted octanol–water partition coefficient (Wildman–Crippen LogP) is 4.15. The Hall–Kier alpha value is -3.89. The molecule has 0 radical (unpaired) electrons. The molecule has 0 aliphatic heterocycles. The molecule has 1 aromatic carbocycles. The van der Waals surface area contributed by atoms with Crippen LogP contribution < -0.4 is 16.6 Å². The molecule has 4 aromatic rings. The zero-order valence-corrected chi connectivity index (χ0v) is 19.7. The summed E-state index contributed by atoms with van der Waals surface area (Å²) in [4.78, 5) is 29.7. The Morgan fingerprint density at radius 2 is 1.69 bits per heavy atom. The van der Waals surface area contributed by atoms with Crippen LogP contribution in [-0.4, -0.2) is 23.9 Å². The van der Waals surface area contributed by atoms with Gasteiger partial charge in [-0.05, 0) is 29.2 Å². The molecule has 11 heteroatoms. The largest absolute Gasteiger partial charge is 0.433 e. The third kappa shape index (κ3) is 4.98. The predicted molar refractivity (Wildman–Crippen MR) is 127 cm³/mol. The number of rotatable bonds is 5. The van der Waals surface area contributed by atoms with Crippen molar-refractivity contribution in [1.29, 1.82) is 0 Å². The fourth-order valence-corrected chi connectivity index (χ4v) is 3.74. The number of pyridine rings is 1. The van der Waals surface area contributed by atoms with Gasteiger partial charge in [0.05, 0.1) is 6.54 Å². The van der Waals surface area contributed by atoms with Crippen LogP contribution >= 0.6 is 0 Å². The molecular formula is C24H25F3N6O2. The fourth-order valence-electron chi connectivity index (χ4n) is 3.74. The molecule has 0 fully saturated rings. The summed E-state index contributed by atoms with van der Waals surface area (Å²) in [5, 5.41) is 7.98. The Bertz CT molecular complexity index is 1480. The molecule has 3 heterocycles. The topological polar surface area (TPSA) is 86.7 Å². The van der Waals surface area contributed by atoms with E-state index in [9.17, 15) is 22.8 Å². The number of anilines is 2. The van der Waals surface area contributed by atoms with Gasteiger partial charge in [-0.3, -0.25) is 18.9 Å². The third-order valence-electron chi connectivity index (χ3n) is 5.34. The lowest BCUT2D eigenvalue weighted by Gasteiger charge is -2.20. The van der Waals surface area contributed by atoms with Crippen molar-refractivity contribution < 1.29 is 13.2 Å². The van der Waals surface area contributed by atoms with E-state index < -0.39 is 23.1 Å². The first kappa shape index (κ1) is 24.2. The minimum Gasteiger partial charge on any atom is -0.340 e. The Balaban J connectivity index is 1.92. The van der Waals surface area contributed by atoms with Gasteiger partial charge in [0, 0.05) is 25.5 Å². The number of halogens is 3. The van der Waals surface area contributed by atoms with Gasteiger partial charge >= 0.3 is 11.9 Å². The van der Waals surface area contributed by atoms with Crippen LogP contribution in [0.4, 0.5) is 24.7 Å². The molecule has 4 rings (SSSR count). The van der Waals surface area contributed by atoms with Gasteiger partial charge in [0.2, 0.25) is 0 Å². The molecule has 35 heavy (non-hydrogen) atoms. The van der Waals surface area contributed by atoms with E-state index in [2.05, 4.69) is 15.4 Å². The minimum atomic E-state index is -4.55. The average molecular weight is 486 g/mol. The monoisotopic (exact) mass is 486 g/mol. The lowest BCUT2D eigenvalue weighted by Crippen LogP contribution is -2.40. The number of hydrogen-bond acceptors (Lipinski definition) is 5. The van der Waals surface area contributed by atoms with E-state index >= 15 is 0 Å². The van der Waals surface area contributed by atoms with Crippen LogP contribution in [0.25, 0.3) is 11.0 Å². The minimum absolute atomic E-state index is 0.0296. The van der Waals surface area contributed by atoms with Crippen molar-refractivity contribution in [3.05, 3.63) is 80.8 Å². The maximum Gasteiger partial charge on any atom is 0.433 e. The van der Waals surface area contributed by atoms with E-state index in [1.165, 1.54) is 22.4 Å². The van der Waals surface area contributed by atoms with Crippen molar-refractivity contribution in [1.82, 2.24) is 23.9 Å². The highest BCUT2D eigenvalue weighted by molar-refractivity contribution is 5.89. The molecule has 8 nitrogen and oxygen atoms in total. The SMILES string of the molecule is Cn1c(=O)c2c(Nc3ccccc3)n(Cc3ccc(C(F)(F)F)nc3)nc2n(CC(C)(C)C)c1=O. The highest BCUT2D eigenvalue weighted by atomic mass is 19.4. The molecular weight excluding hydrogens is 461 g/mol. The zero-order valence-electron chi connectivity index (χ0n) is 19.7. The van der Waals surface area contributed by atoms with Gasteiger partial charge in [0.15, 0.2) is 5.65 Å². The molecule has 0 spiro atoms. The van der Waals surface area contributed by atoms with Gasteiger partial charge in [0.1, 0.15) is 16.9 Å². The van der Waals surface area contributed by atoms with Gasteiger partial charge in [-0.25, -0.2) is 9.48 Å². The number of nitrogens with zero attached hydrogens (tertiary/aromatic N) is 5. The Morgan fingerprint density at radius 1 is 1.00 bits per heavy atom. The molecule has 0 aliphatic rings. The number of benzene rings is 1. The molecule has 0 unspecified atom stereocenters. The summed E-state index contributed by atoms with van der Waals surface area (Å²) in [6.45, 7) is 6.22. The van der Waals surface area contributed by atoms with Gasteiger partial charge in [0.25, 0.3) is 5.56 Å². The number of fused-ring (bicyclic) bond motifs is 1. The molecule has 0 amide bonds. The van der Waals surface area contributed by atoms with E-state index in [-0.39, 0.29) is 23.0 Å². The van der Waals surface area contributed by atoms with E-state index in [0.29, 0.717) is 23.6 Å². The normalized spacial score (nSPS) is 12.3. The number of alkyl halides is 3. The van der Waals surface area contributed by atoms with Crippen LogP contribution in [0.1, 0.15) is 32.0 Å². The van der Waals surface area contributed by atoms with Crippen molar-refractivity contribution in [3.8, 4) is 0 Å². The fraction of sp³-hybridized carbons (Fsp3) is 0.333. The first-order chi connectivity index (χ1) is 16.3. The smallest absolute Gasteiger partial charge is 0.340 e. The third-order valence-corrected chi connectivity index (χ3v) is 5.34. The molecule has 0 aliphatic carbocycles. The van der Waals surface area contributed by atoms with Crippen molar-refractivity contribution in [2.24, 2.45) is 12.5 Å². The molecule has 1 N–H and O–H groups in total. The number of hydrogen-bond donors (Lipinski definition) is 1. The van der Waals surface area contributed by atoms with Crippen LogP contribution in [0.2, 0.25) is 0 Å². The first-order valence-electron chi connectivity index (χ1n) is 10.9. The lowest BCUT2D eigenvalue weighted by molar-refractivity contribution is -0.141. The maximum atomic E-state index is 13.2. The van der Waals surface area contributed by atoms with Crippen molar-refractivity contribution >= 4 is 22.5 Å². The van der Waals surface area contributed by atoms with Gasteiger partial charge in [-0.1, -0.05) is 45.0 Å². The molecule has 0 bridgehead atoms. The standard InChI is InChI=1S/C24H25F3N6O2/c1-23(2,3)14-32-20-18(21(34)31(4)22(32)35)19(29-16-8-6-5-7-9-16)33(30-20)13-15-10-11-17(28-12-15)24(25,26)27/h5-12,29H,13-14H2,1-4H3. The molecule has 0 atom stereocenters. The van der Waals surface area contributed by atoms with Gasteiger partial charge in [-0.15, -0.1) is 0 Å². The molecule has 3 aromatic heterocycles. The quantitative estimate of drug-likeness (QED) is 0.458. The summed E-state index contributed by atoms with van der Waals surface area (Å²) in [5.41, 5.74) is -0.980. The molecule has 0 saturated carbocycles. The molecule has 0 saturated heterocycles. The zero-order chi connectivity index (χ0) is 25.5. The first-order valence-corrected chi connectivity index (χ1v) is 10.9. The van der Waals surface area contributed by atoms with Crippen LogP contribution in [0.15, 0.2) is 58.3 Å². The Kier molecular flexibility index (Phi) is 6.04. The second-order valence-corrected chi connectivity index (χ2v) is 9.54. The van der Waals surface area contributed by atoms with Crippen molar-refractivity contribution in [3.63, 3.8) is 0 Å². The van der Waals surface area contributed by atoms with E-state index in [4.69, 9.17) is 0 Å². The number of aromatic nitrogens is 5. The summed E-state index contributed by atoms with van der Waals surface area (Å²) >= 11 is 0. The highest BCUT2D eigenvalue weighted by Gasteiger charge is 2.32. The van der Waals surface area contributed by atoms with Crippen molar-refractivity contribution in [2.45, 2.75) is 40.0 Å².